The molecule has 0 saturated carbocycles. The molecule has 0 bridgehead atoms. The highest BCUT2D eigenvalue weighted by atomic mass is 15.1. The minimum absolute atomic E-state index is 0.643. The third-order valence-corrected chi connectivity index (χ3v) is 2.35. The summed E-state index contributed by atoms with van der Waals surface area (Å²) in [5, 5.41) is 0. The first-order valence-corrected chi connectivity index (χ1v) is 5.38. The van der Waals surface area contributed by atoms with Gasteiger partial charge in [0, 0.05) is 13.1 Å². The predicted molar refractivity (Wildman–Crippen MR) is 64.3 cm³/mol. The van der Waals surface area contributed by atoms with Gasteiger partial charge in [0.15, 0.2) is 0 Å². The van der Waals surface area contributed by atoms with E-state index in [-0.39, 0.29) is 0 Å². The van der Waals surface area contributed by atoms with Crippen molar-refractivity contribution in [2.75, 3.05) is 26.2 Å². The first kappa shape index (κ1) is 13.4. The van der Waals surface area contributed by atoms with Crippen molar-refractivity contribution in [3.8, 4) is 0 Å². The van der Waals surface area contributed by atoms with E-state index in [0.717, 1.165) is 26.2 Å². The van der Waals surface area contributed by atoms with E-state index in [1.54, 1.807) is 0 Å². The Morgan fingerprint density at radius 1 is 1.29 bits per heavy atom. The molecular formula is C12H24N2. The molecule has 0 aromatic carbocycles. The van der Waals surface area contributed by atoms with E-state index in [4.69, 9.17) is 5.73 Å². The van der Waals surface area contributed by atoms with Gasteiger partial charge in [-0.2, -0.15) is 0 Å². The fraction of sp³-hybridized carbons (Fsp3) is 0.667. The second-order valence-corrected chi connectivity index (χ2v) is 3.82. The molecule has 0 aliphatic rings. The van der Waals surface area contributed by atoms with Crippen LogP contribution in [0.2, 0.25) is 0 Å². The molecule has 2 N–H and O–H groups in total. The molecule has 0 aromatic rings. The van der Waals surface area contributed by atoms with Crippen molar-refractivity contribution in [3.05, 3.63) is 25.3 Å². The summed E-state index contributed by atoms with van der Waals surface area (Å²) >= 11 is 0. The Hall–Kier alpha value is -0.600. The summed E-state index contributed by atoms with van der Waals surface area (Å²) in [7, 11) is 0. The third-order valence-electron chi connectivity index (χ3n) is 2.35. The van der Waals surface area contributed by atoms with Crippen molar-refractivity contribution in [3.63, 3.8) is 0 Å². The summed E-state index contributed by atoms with van der Waals surface area (Å²) in [6, 6.07) is 0. The van der Waals surface area contributed by atoms with Crippen LogP contribution >= 0.6 is 0 Å². The van der Waals surface area contributed by atoms with Crippen LogP contribution in [0, 0.1) is 5.92 Å². The smallest absolute Gasteiger partial charge is 0.0163 e. The van der Waals surface area contributed by atoms with Gasteiger partial charge in [0.2, 0.25) is 0 Å². The predicted octanol–water partition coefficient (Wildman–Crippen LogP) is 2.04. The lowest BCUT2D eigenvalue weighted by atomic mass is 10.1. The molecule has 1 unspecified atom stereocenters. The normalized spacial score (nSPS) is 12.8. The number of nitrogens with two attached hydrogens (primary N) is 1. The summed E-state index contributed by atoms with van der Waals surface area (Å²) in [6.45, 7) is 13.5. The minimum Gasteiger partial charge on any atom is -0.330 e. The van der Waals surface area contributed by atoms with Crippen LogP contribution in [-0.2, 0) is 0 Å². The number of hydrogen-bond acceptors (Lipinski definition) is 2. The molecule has 0 amide bonds. The second-order valence-electron chi connectivity index (χ2n) is 3.82. The zero-order valence-electron chi connectivity index (χ0n) is 9.41. The molecule has 82 valence electrons. The Morgan fingerprint density at radius 3 is 2.29 bits per heavy atom. The molecule has 14 heavy (non-hydrogen) atoms. The van der Waals surface area contributed by atoms with E-state index >= 15 is 0 Å². The lowest BCUT2D eigenvalue weighted by Crippen LogP contribution is -2.25. The van der Waals surface area contributed by atoms with Gasteiger partial charge in [-0.3, -0.25) is 4.90 Å². The summed E-state index contributed by atoms with van der Waals surface area (Å²) in [6.07, 6.45) is 6.30. The molecule has 0 fully saturated rings. The van der Waals surface area contributed by atoms with Crippen LogP contribution in [0.5, 0.6) is 0 Å². The molecule has 2 nitrogen and oxygen atoms in total. The van der Waals surface area contributed by atoms with Gasteiger partial charge in [0.1, 0.15) is 0 Å². The molecular weight excluding hydrogens is 172 g/mol. The molecule has 0 rings (SSSR count). The van der Waals surface area contributed by atoms with Gasteiger partial charge < -0.3 is 5.73 Å². The monoisotopic (exact) mass is 196 g/mol. The number of rotatable bonds is 9. The zero-order valence-corrected chi connectivity index (χ0v) is 9.41. The Labute approximate surface area is 88.5 Å². The van der Waals surface area contributed by atoms with Crippen LogP contribution in [0.1, 0.15) is 19.8 Å². The molecule has 0 heterocycles. The van der Waals surface area contributed by atoms with Crippen molar-refractivity contribution in [2.24, 2.45) is 11.7 Å². The highest BCUT2D eigenvalue weighted by molar-refractivity contribution is 4.79. The fourth-order valence-electron chi connectivity index (χ4n) is 1.40. The largest absolute Gasteiger partial charge is 0.330 e. The maximum atomic E-state index is 5.56. The molecule has 0 radical (unpaired) electrons. The van der Waals surface area contributed by atoms with Gasteiger partial charge in [-0.1, -0.05) is 19.1 Å². The maximum Gasteiger partial charge on any atom is 0.0163 e. The summed E-state index contributed by atoms with van der Waals surface area (Å²) in [4.78, 5) is 2.34. The standard InChI is InChI=1S/C12H24N2/c1-4-8-14(9-5-2)10-6-7-12(3)11-13/h4-5,12H,1-2,6-11,13H2,3H3. The van der Waals surface area contributed by atoms with Crippen LogP contribution in [0.4, 0.5) is 0 Å². The Morgan fingerprint density at radius 2 is 1.86 bits per heavy atom. The lowest BCUT2D eigenvalue weighted by Gasteiger charge is -2.19. The minimum atomic E-state index is 0.643. The lowest BCUT2D eigenvalue weighted by molar-refractivity contribution is 0.316. The molecule has 0 saturated heterocycles. The quantitative estimate of drug-likeness (QED) is 0.572. The van der Waals surface area contributed by atoms with Crippen LogP contribution < -0.4 is 5.73 Å². The van der Waals surface area contributed by atoms with E-state index in [1.807, 2.05) is 12.2 Å². The summed E-state index contributed by atoms with van der Waals surface area (Å²) < 4.78 is 0. The van der Waals surface area contributed by atoms with E-state index < -0.39 is 0 Å². The molecule has 2 heteroatoms. The van der Waals surface area contributed by atoms with E-state index in [1.165, 1.54) is 12.8 Å². The van der Waals surface area contributed by atoms with Crippen molar-refractivity contribution < 1.29 is 0 Å². The van der Waals surface area contributed by atoms with Gasteiger partial charge in [0.05, 0.1) is 0 Å². The van der Waals surface area contributed by atoms with Gasteiger partial charge >= 0.3 is 0 Å². The van der Waals surface area contributed by atoms with Crippen molar-refractivity contribution >= 4 is 0 Å². The van der Waals surface area contributed by atoms with Crippen LogP contribution in [-0.4, -0.2) is 31.1 Å². The van der Waals surface area contributed by atoms with Crippen molar-refractivity contribution in [1.29, 1.82) is 0 Å². The molecule has 1 atom stereocenters. The molecule has 0 aliphatic carbocycles. The number of nitrogens with zero attached hydrogens (tertiary/aromatic N) is 1. The summed E-state index contributed by atoms with van der Waals surface area (Å²) in [5.41, 5.74) is 5.56. The third kappa shape index (κ3) is 6.87. The van der Waals surface area contributed by atoms with E-state index in [9.17, 15) is 0 Å². The van der Waals surface area contributed by atoms with Crippen LogP contribution in [0.15, 0.2) is 25.3 Å². The highest BCUT2D eigenvalue weighted by Crippen LogP contribution is 2.04. The first-order valence-electron chi connectivity index (χ1n) is 5.38. The van der Waals surface area contributed by atoms with Gasteiger partial charge in [-0.15, -0.1) is 13.2 Å². The Balaban J connectivity index is 3.58. The average molecular weight is 196 g/mol. The van der Waals surface area contributed by atoms with E-state index in [2.05, 4.69) is 25.0 Å². The second kappa shape index (κ2) is 8.97. The SMILES string of the molecule is C=CCN(CC=C)CCCC(C)CN. The highest BCUT2D eigenvalue weighted by Gasteiger charge is 2.02. The molecule has 0 aliphatic heterocycles. The maximum absolute atomic E-state index is 5.56. The Bertz CT molecular complexity index is 144. The van der Waals surface area contributed by atoms with Crippen molar-refractivity contribution in [1.82, 2.24) is 4.90 Å². The molecule has 0 aromatic heterocycles. The van der Waals surface area contributed by atoms with Crippen LogP contribution in [0.3, 0.4) is 0 Å². The van der Waals surface area contributed by atoms with Gasteiger partial charge in [-0.25, -0.2) is 0 Å². The van der Waals surface area contributed by atoms with Gasteiger partial charge in [-0.05, 0) is 31.8 Å². The average Bonchev–Trinajstić information content (AvgIpc) is 2.18. The molecule has 0 spiro atoms. The topological polar surface area (TPSA) is 29.3 Å². The number of hydrogen-bond donors (Lipinski definition) is 1. The van der Waals surface area contributed by atoms with Crippen LogP contribution in [0.25, 0.3) is 0 Å². The fourth-order valence-corrected chi connectivity index (χ4v) is 1.40. The van der Waals surface area contributed by atoms with E-state index in [0.29, 0.717) is 5.92 Å². The zero-order chi connectivity index (χ0) is 10.8. The van der Waals surface area contributed by atoms with Gasteiger partial charge in [0.25, 0.3) is 0 Å². The summed E-state index contributed by atoms with van der Waals surface area (Å²) in [5.74, 6) is 0.643. The first-order chi connectivity index (χ1) is 6.74. The Kier molecular flexibility index (Phi) is 8.59. The van der Waals surface area contributed by atoms with Crippen molar-refractivity contribution in [2.45, 2.75) is 19.8 Å².